The molecular weight excluding hydrogens is 450 g/mol. The Bertz CT molecular complexity index is 1180. The van der Waals surface area contributed by atoms with Crippen LogP contribution >= 0.6 is 0 Å². The van der Waals surface area contributed by atoms with Gasteiger partial charge in [0, 0.05) is 51.2 Å². The first-order valence-electron chi connectivity index (χ1n) is 11.8. The molecule has 0 unspecified atom stereocenters. The number of sulfonamides is 1. The van der Waals surface area contributed by atoms with E-state index < -0.39 is 10.0 Å². The Morgan fingerprint density at radius 2 is 1.76 bits per heavy atom. The molecule has 2 aromatic heterocycles. The third kappa shape index (κ3) is 5.95. The van der Waals surface area contributed by atoms with Crippen LogP contribution in [0, 0.1) is 0 Å². The lowest BCUT2D eigenvalue weighted by Crippen LogP contribution is -2.30. The summed E-state index contributed by atoms with van der Waals surface area (Å²) < 4.78 is 28.5. The van der Waals surface area contributed by atoms with Gasteiger partial charge in [0.05, 0.1) is 5.69 Å². The number of unbranched alkanes of at least 4 members (excludes halogenated alkanes) is 2. The number of nitrogens with one attached hydrogen (secondary N) is 1. The Hall–Kier alpha value is -2.91. The van der Waals surface area contributed by atoms with E-state index >= 15 is 0 Å². The topological polar surface area (TPSA) is 91.3 Å². The molecule has 184 valence electrons. The van der Waals surface area contributed by atoms with Crippen molar-refractivity contribution in [3.8, 4) is 11.3 Å². The van der Waals surface area contributed by atoms with Gasteiger partial charge in [0.15, 0.2) is 0 Å². The molecule has 1 amide bonds. The van der Waals surface area contributed by atoms with Gasteiger partial charge in [-0.25, -0.2) is 8.42 Å². The molecule has 0 saturated carbocycles. The van der Waals surface area contributed by atoms with Crippen molar-refractivity contribution in [2.75, 3.05) is 26.7 Å². The summed E-state index contributed by atoms with van der Waals surface area (Å²) in [7, 11) is -0.132. The van der Waals surface area contributed by atoms with Crippen molar-refractivity contribution >= 4 is 15.9 Å². The van der Waals surface area contributed by atoms with Gasteiger partial charge < -0.3 is 9.47 Å². The van der Waals surface area contributed by atoms with Crippen LogP contribution in [0.15, 0.2) is 53.6 Å². The summed E-state index contributed by atoms with van der Waals surface area (Å²) in [5.74, 6) is -0.176. The van der Waals surface area contributed by atoms with Crippen LogP contribution in [0.3, 0.4) is 0 Å². The summed E-state index contributed by atoms with van der Waals surface area (Å²) in [5.41, 5.74) is 3.53. The van der Waals surface area contributed by atoms with Gasteiger partial charge in [-0.2, -0.15) is 9.40 Å². The van der Waals surface area contributed by atoms with Crippen LogP contribution in [-0.2, 0) is 23.5 Å². The molecule has 0 aliphatic rings. The van der Waals surface area contributed by atoms with E-state index in [9.17, 15) is 13.2 Å². The summed E-state index contributed by atoms with van der Waals surface area (Å²) in [6, 6.07) is 13.6. The van der Waals surface area contributed by atoms with Crippen LogP contribution in [0.25, 0.3) is 11.3 Å². The number of hydrogen-bond acceptors (Lipinski definition) is 4. The number of aryl methyl sites for hydroxylation is 2. The summed E-state index contributed by atoms with van der Waals surface area (Å²) in [5, 5.41) is 7.50. The van der Waals surface area contributed by atoms with E-state index in [1.807, 2.05) is 30.3 Å². The molecule has 8 nitrogen and oxygen atoms in total. The van der Waals surface area contributed by atoms with Gasteiger partial charge in [-0.15, -0.1) is 0 Å². The van der Waals surface area contributed by atoms with Crippen LogP contribution < -0.4 is 0 Å². The van der Waals surface area contributed by atoms with E-state index in [0.717, 1.165) is 42.6 Å². The zero-order chi connectivity index (χ0) is 24.7. The van der Waals surface area contributed by atoms with Crippen LogP contribution in [0.1, 0.15) is 49.3 Å². The minimum atomic E-state index is -3.60. The van der Waals surface area contributed by atoms with Crippen LogP contribution in [0.4, 0.5) is 0 Å². The molecule has 0 saturated heterocycles. The second-order valence-corrected chi connectivity index (χ2v) is 10.4. The molecule has 0 spiro atoms. The van der Waals surface area contributed by atoms with Gasteiger partial charge >= 0.3 is 0 Å². The zero-order valence-electron chi connectivity index (χ0n) is 20.5. The lowest BCUT2D eigenvalue weighted by Gasteiger charge is -2.17. The van der Waals surface area contributed by atoms with Crippen molar-refractivity contribution < 1.29 is 13.2 Å². The maximum absolute atomic E-state index is 12.9. The molecule has 2 heterocycles. The number of carbonyl (C=O) groups excluding carboxylic acids is 1. The number of carbonyl (C=O) groups is 1. The van der Waals surface area contributed by atoms with Gasteiger partial charge in [0.25, 0.3) is 5.91 Å². The minimum absolute atomic E-state index is 0.157. The normalized spacial score (nSPS) is 11.8. The first-order chi connectivity index (χ1) is 16.3. The lowest BCUT2D eigenvalue weighted by atomic mass is 10.1. The van der Waals surface area contributed by atoms with E-state index in [1.165, 1.54) is 16.6 Å². The predicted molar refractivity (Wildman–Crippen MR) is 134 cm³/mol. The summed E-state index contributed by atoms with van der Waals surface area (Å²) in [6.07, 6.45) is 5.27. The van der Waals surface area contributed by atoms with E-state index in [-0.39, 0.29) is 10.8 Å². The van der Waals surface area contributed by atoms with E-state index in [1.54, 1.807) is 37.4 Å². The van der Waals surface area contributed by atoms with Gasteiger partial charge in [-0.1, -0.05) is 50.6 Å². The number of nitrogens with zero attached hydrogens (tertiary/aromatic N) is 4. The number of hydrogen-bond donors (Lipinski definition) is 1. The van der Waals surface area contributed by atoms with Crippen LogP contribution in [-0.4, -0.2) is 65.0 Å². The average molecular weight is 486 g/mol. The van der Waals surface area contributed by atoms with E-state index in [4.69, 9.17) is 0 Å². The van der Waals surface area contributed by atoms with Crippen molar-refractivity contribution in [2.24, 2.45) is 7.05 Å². The largest absolute Gasteiger partial charge is 0.345 e. The molecule has 0 radical (unpaired) electrons. The van der Waals surface area contributed by atoms with Crippen molar-refractivity contribution in [3.63, 3.8) is 0 Å². The molecule has 3 aromatic rings. The highest BCUT2D eigenvalue weighted by atomic mass is 32.2. The fourth-order valence-electron chi connectivity index (χ4n) is 3.99. The quantitative estimate of drug-likeness (QED) is 0.394. The predicted octanol–water partition coefficient (Wildman–Crippen LogP) is 3.93. The number of aromatic nitrogens is 3. The smallest absolute Gasteiger partial charge is 0.270 e. The molecule has 3 rings (SSSR count). The third-order valence-electron chi connectivity index (χ3n) is 6.03. The SMILES string of the molecule is CCN(CC)S(=O)(=O)c1cc(C(=O)N(C)CCCCCc2cc(-c3ccccc3)n[nH]2)n(C)c1. The number of benzene rings is 1. The third-order valence-corrected chi connectivity index (χ3v) is 8.04. The molecule has 0 aliphatic heterocycles. The van der Waals surface area contributed by atoms with Crippen molar-refractivity contribution in [1.82, 2.24) is 24.0 Å². The van der Waals surface area contributed by atoms with E-state index in [2.05, 4.69) is 16.3 Å². The monoisotopic (exact) mass is 485 g/mol. The minimum Gasteiger partial charge on any atom is -0.345 e. The van der Waals surface area contributed by atoms with Crippen molar-refractivity contribution in [1.29, 1.82) is 0 Å². The first-order valence-corrected chi connectivity index (χ1v) is 13.2. The fraction of sp³-hybridized carbons (Fsp3) is 0.440. The number of amides is 1. The van der Waals surface area contributed by atoms with Gasteiger partial charge in [0.1, 0.15) is 10.6 Å². The second-order valence-electron chi connectivity index (χ2n) is 8.44. The highest BCUT2D eigenvalue weighted by Crippen LogP contribution is 2.20. The van der Waals surface area contributed by atoms with Gasteiger partial charge in [-0.05, 0) is 31.4 Å². The van der Waals surface area contributed by atoms with E-state index in [0.29, 0.717) is 25.3 Å². The molecule has 0 bridgehead atoms. The maximum Gasteiger partial charge on any atom is 0.270 e. The summed E-state index contributed by atoms with van der Waals surface area (Å²) in [6.45, 7) is 5.00. The standard InChI is InChI=1S/C25H35N5O3S/c1-5-30(6-2)34(32,33)22-18-24(29(4)19-22)25(31)28(3)16-12-8-11-15-21-17-23(27-26-21)20-13-9-7-10-14-20/h7,9-10,13-14,17-19H,5-6,8,11-12,15-16H2,1-4H3,(H,26,27). The van der Waals surface area contributed by atoms with Crippen molar-refractivity contribution in [3.05, 3.63) is 60.0 Å². The Morgan fingerprint density at radius 1 is 1.06 bits per heavy atom. The first kappa shape index (κ1) is 25.7. The molecule has 0 fully saturated rings. The molecule has 1 N–H and O–H groups in total. The highest BCUT2D eigenvalue weighted by Gasteiger charge is 2.26. The van der Waals surface area contributed by atoms with Crippen LogP contribution in [0.2, 0.25) is 0 Å². The highest BCUT2D eigenvalue weighted by molar-refractivity contribution is 7.89. The molecular formula is C25H35N5O3S. The number of aromatic amines is 1. The Morgan fingerprint density at radius 3 is 2.44 bits per heavy atom. The molecule has 0 aliphatic carbocycles. The summed E-state index contributed by atoms with van der Waals surface area (Å²) >= 11 is 0. The Labute approximate surface area is 202 Å². The molecule has 34 heavy (non-hydrogen) atoms. The van der Waals surface area contributed by atoms with Crippen LogP contribution in [0.5, 0.6) is 0 Å². The van der Waals surface area contributed by atoms with Gasteiger partial charge in [0.2, 0.25) is 10.0 Å². The van der Waals surface area contributed by atoms with Crippen molar-refractivity contribution in [2.45, 2.75) is 44.4 Å². The maximum atomic E-state index is 12.9. The molecule has 1 aromatic carbocycles. The summed E-state index contributed by atoms with van der Waals surface area (Å²) in [4.78, 5) is 14.7. The number of H-pyrrole nitrogens is 1. The number of rotatable bonds is 12. The Kier molecular flexibility index (Phi) is 8.68. The fourth-order valence-corrected chi connectivity index (χ4v) is 5.52. The second kappa shape index (κ2) is 11.5. The lowest BCUT2D eigenvalue weighted by molar-refractivity contribution is 0.0783. The Balaban J connectivity index is 1.48. The molecule has 0 atom stereocenters. The molecule has 9 heteroatoms. The van der Waals surface area contributed by atoms with Gasteiger partial charge in [-0.3, -0.25) is 9.89 Å². The average Bonchev–Trinajstić information content (AvgIpc) is 3.46. The zero-order valence-corrected chi connectivity index (χ0v) is 21.3.